The summed E-state index contributed by atoms with van der Waals surface area (Å²) in [6.45, 7) is 6.35. The smallest absolute Gasteiger partial charge is 0.264 e. The number of nitrogens with zero attached hydrogens (tertiary/aromatic N) is 2. The fraction of sp³-hybridized carbons (Fsp3) is 0.222. The molecule has 3 rings (SSSR count). The minimum absolute atomic E-state index is 0.267. The largest absolute Gasteiger partial charge is 0.483 e. The van der Waals surface area contributed by atoms with E-state index in [-0.39, 0.29) is 6.61 Å². The van der Waals surface area contributed by atoms with Crippen LogP contribution in [0.4, 0.5) is 0 Å². The number of benzene rings is 2. The molecule has 1 heterocycles. The predicted molar refractivity (Wildman–Crippen MR) is 84.7 cm³/mol. The van der Waals surface area contributed by atoms with E-state index in [1.165, 1.54) is 0 Å². The van der Waals surface area contributed by atoms with E-state index < -0.39 is 0 Å². The lowest BCUT2D eigenvalue weighted by atomic mass is 10.1. The number of aryl methyl sites for hydroxylation is 3. The molecule has 0 N–H and O–H groups in total. The van der Waals surface area contributed by atoms with Crippen LogP contribution in [0, 0.1) is 20.8 Å². The lowest BCUT2D eigenvalue weighted by Crippen LogP contribution is -1.97. The van der Waals surface area contributed by atoms with E-state index in [0.29, 0.717) is 11.7 Å². The molecule has 0 aliphatic rings. The highest BCUT2D eigenvalue weighted by Crippen LogP contribution is 2.21. The maximum atomic E-state index is 5.78. The van der Waals surface area contributed by atoms with E-state index in [9.17, 15) is 0 Å². The van der Waals surface area contributed by atoms with Crippen molar-refractivity contribution in [1.82, 2.24) is 10.1 Å². The summed E-state index contributed by atoms with van der Waals surface area (Å²) < 4.78 is 11.0. The van der Waals surface area contributed by atoms with Crippen LogP contribution in [0.15, 0.2) is 47.0 Å². The summed E-state index contributed by atoms with van der Waals surface area (Å²) in [5.41, 5.74) is 4.35. The third kappa shape index (κ3) is 3.17. The normalized spacial score (nSPS) is 10.7. The summed E-state index contributed by atoms with van der Waals surface area (Å²) in [4.78, 5) is 4.39. The van der Waals surface area contributed by atoms with Gasteiger partial charge in [-0.1, -0.05) is 41.1 Å². The molecule has 0 aliphatic carbocycles. The van der Waals surface area contributed by atoms with Crippen LogP contribution in [0.25, 0.3) is 11.4 Å². The van der Waals surface area contributed by atoms with Gasteiger partial charge in [0, 0.05) is 5.56 Å². The molecule has 0 radical (unpaired) electrons. The molecule has 4 nitrogen and oxygen atoms in total. The molecule has 0 atom stereocenters. The van der Waals surface area contributed by atoms with Crippen molar-refractivity contribution in [2.24, 2.45) is 0 Å². The monoisotopic (exact) mass is 294 g/mol. The van der Waals surface area contributed by atoms with Gasteiger partial charge >= 0.3 is 0 Å². The van der Waals surface area contributed by atoms with Crippen LogP contribution >= 0.6 is 0 Å². The molecule has 112 valence electrons. The third-order valence-corrected chi connectivity index (χ3v) is 3.44. The van der Waals surface area contributed by atoms with Gasteiger partial charge in [0.2, 0.25) is 5.82 Å². The van der Waals surface area contributed by atoms with Crippen molar-refractivity contribution in [3.05, 3.63) is 65.0 Å². The molecule has 3 aromatic rings. The van der Waals surface area contributed by atoms with Gasteiger partial charge in [-0.05, 0) is 44.0 Å². The van der Waals surface area contributed by atoms with Crippen molar-refractivity contribution < 1.29 is 9.26 Å². The van der Waals surface area contributed by atoms with Crippen LogP contribution in [-0.2, 0) is 6.61 Å². The first kappa shape index (κ1) is 14.3. The second-order valence-corrected chi connectivity index (χ2v) is 5.44. The van der Waals surface area contributed by atoms with Crippen LogP contribution in [0.5, 0.6) is 5.75 Å². The minimum Gasteiger partial charge on any atom is -0.483 e. The molecule has 0 saturated heterocycles. The zero-order chi connectivity index (χ0) is 15.5. The first-order chi connectivity index (χ1) is 10.6. The Morgan fingerprint density at radius 2 is 1.82 bits per heavy atom. The van der Waals surface area contributed by atoms with E-state index in [1.54, 1.807) is 0 Å². The topological polar surface area (TPSA) is 48.2 Å². The Balaban J connectivity index is 1.73. The van der Waals surface area contributed by atoms with Crippen LogP contribution in [0.1, 0.15) is 22.6 Å². The first-order valence-corrected chi connectivity index (χ1v) is 7.21. The second kappa shape index (κ2) is 6.02. The molecular weight excluding hydrogens is 276 g/mol. The molecule has 4 heteroatoms. The van der Waals surface area contributed by atoms with Crippen LogP contribution in [0.2, 0.25) is 0 Å². The van der Waals surface area contributed by atoms with Crippen LogP contribution < -0.4 is 4.74 Å². The van der Waals surface area contributed by atoms with Gasteiger partial charge in [-0.15, -0.1) is 0 Å². The summed E-state index contributed by atoms with van der Waals surface area (Å²) >= 11 is 0. The van der Waals surface area contributed by atoms with Gasteiger partial charge in [-0.2, -0.15) is 4.98 Å². The molecule has 0 amide bonds. The van der Waals surface area contributed by atoms with Crippen molar-refractivity contribution in [3.8, 4) is 17.1 Å². The van der Waals surface area contributed by atoms with Crippen LogP contribution in [-0.4, -0.2) is 10.1 Å². The van der Waals surface area contributed by atoms with Gasteiger partial charge < -0.3 is 9.26 Å². The SMILES string of the molecule is Cc1cccc(-c2noc(COc3cc(C)ccc3C)n2)c1. The van der Waals surface area contributed by atoms with E-state index in [0.717, 1.165) is 28.0 Å². The Kier molecular flexibility index (Phi) is 3.92. The molecule has 0 unspecified atom stereocenters. The third-order valence-electron chi connectivity index (χ3n) is 3.44. The molecule has 0 spiro atoms. The molecule has 0 bridgehead atoms. The highest BCUT2D eigenvalue weighted by molar-refractivity contribution is 5.55. The lowest BCUT2D eigenvalue weighted by Gasteiger charge is -2.07. The predicted octanol–water partition coefficient (Wildman–Crippen LogP) is 4.24. The summed E-state index contributed by atoms with van der Waals surface area (Å²) in [5.74, 6) is 1.90. The van der Waals surface area contributed by atoms with E-state index in [4.69, 9.17) is 9.26 Å². The van der Waals surface area contributed by atoms with Crippen LogP contribution in [0.3, 0.4) is 0 Å². The van der Waals surface area contributed by atoms with Gasteiger partial charge in [0.1, 0.15) is 5.75 Å². The van der Waals surface area contributed by atoms with Gasteiger partial charge in [0.25, 0.3) is 5.89 Å². The lowest BCUT2D eigenvalue weighted by molar-refractivity contribution is 0.241. The average Bonchev–Trinajstić information content (AvgIpc) is 2.97. The summed E-state index contributed by atoms with van der Waals surface area (Å²) in [5, 5.41) is 4.01. The first-order valence-electron chi connectivity index (χ1n) is 7.21. The fourth-order valence-electron chi connectivity index (χ4n) is 2.22. The number of ether oxygens (including phenoxy) is 1. The standard InChI is InChI=1S/C18H18N2O2/c1-12-5-4-6-15(9-12)18-19-17(22-20-18)11-21-16-10-13(2)7-8-14(16)3/h4-10H,11H2,1-3H3. The second-order valence-electron chi connectivity index (χ2n) is 5.44. The zero-order valence-corrected chi connectivity index (χ0v) is 13.0. The molecule has 0 aliphatic heterocycles. The van der Waals surface area contributed by atoms with Gasteiger partial charge in [-0.25, -0.2) is 0 Å². The summed E-state index contributed by atoms with van der Waals surface area (Å²) in [7, 11) is 0. The molecule has 22 heavy (non-hydrogen) atoms. The average molecular weight is 294 g/mol. The minimum atomic E-state index is 0.267. The van der Waals surface area contributed by atoms with Crippen molar-refractivity contribution in [1.29, 1.82) is 0 Å². The highest BCUT2D eigenvalue weighted by atomic mass is 16.5. The van der Waals surface area contributed by atoms with Gasteiger partial charge in [0.15, 0.2) is 6.61 Å². The number of rotatable bonds is 4. The Labute approximate surface area is 129 Å². The Bertz CT molecular complexity index is 793. The van der Waals surface area contributed by atoms with Crippen molar-refractivity contribution in [2.75, 3.05) is 0 Å². The summed E-state index contributed by atoms with van der Waals surface area (Å²) in [6, 6.07) is 14.1. The van der Waals surface area contributed by atoms with Gasteiger partial charge in [-0.3, -0.25) is 0 Å². The number of hydrogen-bond donors (Lipinski definition) is 0. The molecular formula is C18H18N2O2. The fourth-order valence-corrected chi connectivity index (χ4v) is 2.22. The van der Waals surface area contributed by atoms with Crippen molar-refractivity contribution in [3.63, 3.8) is 0 Å². The van der Waals surface area contributed by atoms with Crippen molar-refractivity contribution in [2.45, 2.75) is 27.4 Å². The molecule has 0 fully saturated rings. The summed E-state index contributed by atoms with van der Waals surface area (Å²) in [6.07, 6.45) is 0. The quantitative estimate of drug-likeness (QED) is 0.722. The maximum Gasteiger partial charge on any atom is 0.264 e. The maximum absolute atomic E-state index is 5.78. The molecule has 2 aromatic carbocycles. The zero-order valence-electron chi connectivity index (χ0n) is 13.0. The number of aromatic nitrogens is 2. The van der Waals surface area contributed by atoms with E-state index in [1.807, 2.05) is 57.2 Å². The van der Waals surface area contributed by atoms with Crippen molar-refractivity contribution >= 4 is 0 Å². The molecule has 1 aromatic heterocycles. The number of hydrogen-bond acceptors (Lipinski definition) is 4. The molecule has 0 saturated carbocycles. The Morgan fingerprint density at radius 1 is 1.00 bits per heavy atom. The highest BCUT2D eigenvalue weighted by Gasteiger charge is 2.10. The van der Waals surface area contributed by atoms with E-state index in [2.05, 4.69) is 16.2 Å². The Hall–Kier alpha value is -2.62. The van der Waals surface area contributed by atoms with E-state index >= 15 is 0 Å². The Morgan fingerprint density at radius 3 is 2.64 bits per heavy atom. The van der Waals surface area contributed by atoms with Gasteiger partial charge in [0.05, 0.1) is 0 Å².